The van der Waals surface area contributed by atoms with Gasteiger partial charge < -0.3 is 5.32 Å². The van der Waals surface area contributed by atoms with Crippen molar-refractivity contribution < 1.29 is 26.4 Å². The van der Waals surface area contributed by atoms with Crippen molar-refractivity contribution >= 4 is 27.3 Å². The summed E-state index contributed by atoms with van der Waals surface area (Å²) in [4.78, 5) is 12.3. The van der Waals surface area contributed by atoms with E-state index in [1.807, 2.05) is 0 Å². The highest BCUT2D eigenvalue weighted by Crippen LogP contribution is 2.22. The van der Waals surface area contributed by atoms with Crippen molar-refractivity contribution in [3.8, 4) is 0 Å². The second-order valence-electron chi connectivity index (χ2n) is 5.33. The normalized spacial score (nSPS) is 12.5. The Balaban J connectivity index is 2.31. The van der Waals surface area contributed by atoms with E-state index in [4.69, 9.17) is 0 Å². The maximum atomic E-state index is 13.4. The fourth-order valence-corrected chi connectivity index (χ4v) is 3.41. The molecule has 0 aromatic heterocycles. The van der Waals surface area contributed by atoms with Crippen LogP contribution in [-0.2, 0) is 14.8 Å². The molecule has 2 aromatic rings. The zero-order valence-electron chi connectivity index (χ0n) is 13.3. The van der Waals surface area contributed by atoms with Crippen LogP contribution in [-0.4, -0.2) is 26.6 Å². The average molecular weight is 372 g/mol. The third-order valence-corrected chi connectivity index (χ3v) is 4.58. The van der Waals surface area contributed by atoms with Crippen molar-refractivity contribution in [1.29, 1.82) is 0 Å². The number of amides is 1. The molecule has 0 heterocycles. The Kier molecular flexibility index (Phi) is 5.36. The largest absolute Gasteiger partial charge is 0.324 e. The minimum absolute atomic E-state index is 0.0320. The van der Waals surface area contributed by atoms with Crippen molar-refractivity contribution in [2.75, 3.05) is 15.9 Å². The van der Waals surface area contributed by atoms with E-state index >= 15 is 0 Å². The van der Waals surface area contributed by atoms with Crippen LogP contribution >= 0.6 is 0 Å². The Morgan fingerprint density at radius 2 is 1.76 bits per heavy atom. The predicted molar refractivity (Wildman–Crippen MR) is 88.2 cm³/mol. The third-order valence-electron chi connectivity index (χ3n) is 3.34. The molecule has 0 aliphatic heterocycles. The van der Waals surface area contributed by atoms with Gasteiger partial charge in [0.1, 0.15) is 11.9 Å². The van der Waals surface area contributed by atoms with Crippen LogP contribution in [0.4, 0.5) is 24.5 Å². The standard InChI is InChI=1S/C16H15F3N2O3S/c1-10(16(22)20-12-6-7-14(18)15(19)9-12)21(25(2,23)24)13-5-3-4-11(17)8-13/h3-10H,1-2H3,(H,20,22)/t10-/m0/s1. The maximum Gasteiger partial charge on any atom is 0.247 e. The molecule has 2 aromatic carbocycles. The van der Waals surface area contributed by atoms with Crippen molar-refractivity contribution in [2.45, 2.75) is 13.0 Å². The highest BCUT2D eigenvalue weighted by atomic mass is 32.2. The number of benzene rings is 2. The maximum absolute atomic E-state index is 13.4. The van der Waals surface area contributed by atoms with Crippen molar-refractivity contribution in [1.82, 2.24) is 0 Å². The van der Waals surface area contributed by atoms with E-state index in [9.17, 15) is 26.4 Å². The monoisotopic (exact) mass is 372 g/mol. The van der Waals surface area contributed by atoms with E-state index in [0.717, 1.165) is 40.9 Å². The van der Waals surface area contributed by atoms with E-state index in [1.165, 1.54) is 19.1 Å². The molecule has 5 nitrogen and oxygen atoms in total. The zero-order valence-corrected chi connectivity index (χ0v) is 14.1. The van der Waals surface area contributed by atoms with Crippen LogP contribution in [0.25, 0.3) is 0 Å². The molecule has 134 valence electrons. The van der Waals surface area contributed by atoms with Crippen molar-refractivity contribution in [3.05, 3.63) is 59.9 Å². The van der Waals surface area contributed by atoms with Gasteiger partial charge in [-0.15, -0.1) is 0 Å². The highest BCUT2D eigenvalue weighted by molar-refractivity contribution is 7.92. The van der Waals surface area contributed by atoms with E-state index in [0.29, 0.717) is 0 Å². The van der Waals surface area contributed by atoms with Gasteiger partial charge in [0.25, 0.3) is 0 Å². The Hall–Kier alpha value is -2.55. The van der Waals surface area contributed by atoms with E-state index in [-0.39, 0.29) is 11.4 Å². The molecule has 0 bridgehead atoms. The first kappa shape index (κ1) is 18.8. The molecule has 0 fully saturated rings. The number of rotatable bonds is 5. The van der Waals surface area contributed by atoms with Gasteiger partial charge in [-0.05, 0) is 37.3 Å². The summed E-state index contributed by atoms with van der Waals surface area (Å²) in [5.41, 5.74) is -0.0705. The lowest BCUT2D eigenvalue weighted by atomic mass is 10.2. The molecule has 0 saturated carbocycles. The lowest BCUT2D eigenvalue weighted by Gasteiger charge is -2.28. The first-order chi connectivity index (χ1) is 11.6. The highest BCUT2D eigenvalue weighted by Gasteiger charge is 2.29. The number of carbonyl (C=O) groups excluding carboxylic acids is 1. The molecule has 25 heavy (non-hydrogen) atoms. The van der Waals surface area contributed by atoms with Gasteiger partial charge in [-0.3, -0.25) is 9.10 Å². The summed E-state index contributed by atoms with van der Waals surface area (Å²) < 4.78 is 64.4. The summed E-state index contributed by atoms with van der Waals surface area (Å²) in [5, 5.41) is 2.30. The van der Waals surface area contributed by atoms with Gasteiger partial charge in [-0.1, -0.05) is 6.07 Å². The van der Waals surface area contributed by atoms with Gasteiger partial charge in [-0.2, -0.15) is 0 Å². The summed E-state index contributed by atoms with van der Waals surface area (Å²) in [6.45, 7) is 1.29. The number of hydrogen-bond acceptors (Lipinski definition) is 3. The fraction of sp³-hybridized carbons (Fsp3) is 0.188. The summed E-state index contributed by atoms with van der Waals surface area (Å²) in [7, 11) is -3.91. The SMILES string of the molecule is C[C@@H](C(=O)Nc1ccc(F)c(F)c1)N(c1cccc(F)c1)S(C)(=O)=O. The van der Waals surface area contributed by atoms with Gasteiger partial charge in [0.2, 0.25) is 15.9 Å². The number of nitrogens with zero attached hydrogens (tertiary/aromatic N) is 1. The van der Waals surface area contributed by atoms with E-state index in [2.05, 4.69) is 5.32 Å². The van der Waals surface area contributed by atoms with E-state index in [1.54, 1.807) is 0 Å². The van der Waals surface area contributed by atoms with Gasteiger partial charge in [0.05, 0.1) is 11.9 Å². The number of anilines is 2. The predicted octanol–water partition coefficient (Wildman–Crippen LogP) is 2.90. The first-order valence-corrected chi connectivity index (χ1v) is 8.95. The number of carbonyl (C=O) groups is 1. The van der Waals surface area contributed by atoms with Crippen LogP contribution in [0.3, 0.4) is 0 Å². The summed E-state index contributed by atoms with van der Waals surface area (Å²) in [6, 6.07) is 6.23. The van der Waals surface area contributed by atoms with Crippen LogP contribution in [0.15, 0.2) is 42.5 Å². The second kappa shape index (κ2) is 7.14. The Bertz CT molecular complexity index is 903. The van der Waals surface area contributed by atoms with Crippen LogP contribution in [0.1, 0.15) is 6.92 Å². The summed E-state index contributed by atoms with van der Waals surface area (Å²) in [6.07, 6.45) is 0.874. The lowest BCUT2D eigenvalue weighted by Crippen LogP contribution is -2.45. The Labute approximate surface area is 143 Å². The topological polar surface area (TPSA) is 66.5 Å². The van der Waals surface area contributed by atoms with Gasteiger partial charge >= 0.3 is 0 Å². The summed E-state index contributed by atoms with van der Waals surface area (Å²) in [5.74, 6) is -3.70. The molecule has 0 saturated heterocycles. The number of nitrogens with one attached hydrogen (secondary N) is 1. The van der Waals surface area contributed by atoms with Crippen LogP contribution in [0, 0.1) is 17.5 Å². The number of halogens is 3. The molecular weight excluding hydrogens is 357 g/mol. The molecule has 0 unspecified atom stereocenters. The molecule has 1 N–H and O–H groups in total. The number of sulfonamides is 1. The molecule has 2 rings (SSSR count). The van der Waals surface area contributed by atoms with Crippen LogP contribution in [0.5, 0.6) is 0 Å². The minimum Gasteiger partial charge on any atom is -0.324 e. The summed E-state index contributed by atoms with van der Waals surface area (Å²) >= 11 is 0. The molecular formula is C16H15F3N2O3S. The first-order valence-electron chi connectivity index (χ1n) is 7.10. The fourth-order valence-electron chi connectivity index (χ4n) is 2.24. The Morgan fingerprint density at radius 3 is 2.32 bits per heavy atom. The third kappa shape index (κ3) is 4.50. The van der Waals surface area contributed by atoms with E-state index < -0.39 is 39.4 Å². The molecule has 1 atom stereocenters. The Morgan fingerprint density at radius 1 is 1.08 bits per heavy atom. The lowest BCUT2D eigenvalue weighted by molar-refractivity contribution is -0.116. The smallest absolute Gasteiger partial charge is 0.247 e. The molecule has 1 amide bonds. The zero-order chi connectivity index (χ0) is 18.8. The molecule has 0 aliphatic carbocycles. The van der Waals surface area contributed by atoms with Crippen molar-refractivity contribution in [2.24, 2.45) is 0 Å². The molecule has 0 radical (unpaired) electrons. The van der Waals surface area contributed by atoms with Crippen LogP contribution in [0.2, 0.25) is 0 Å². The average Bonchev–Trinajstić information content (AvgIpc) is 2.49. The van der Waals surface area contributed by atoms with Crippen LogP contribution < -0.4 is 9.62 Å². The van der Waals surface area contributed by atoms with Gasteiger partial charge in [-0.25, -0.2) is 21.6 Å². The quantitative estimate of drug-likeness (QED) is 0.878. The molecule has 9 heteroatoms. The van der Waals surface area contributed by atoms with Crippen molar-refractivity contribution in [3.63, 3.8) is 0 Å². The van der Waals surface area contributed by atoms with Gasteiger partial charge in [0.15, 0.2) is 11.6 Å². The molecule has 0 spiro atoms. The van der Waals surface area contributed by atoms with Gasteiger partial charge in [0, 0.05) is 11.8 Å². The molecule has 0 aliphatic rings. The number of hydrogen-bond donors (Lipinski definition) is 1. The minimum atomic E-state index is -3.91. The second-order valence-corrected chi connectivity index (χ2v) is 7.19.